The topological polar surface area (TPSA) is 153 Å². The summed E-state index contributed by atoms with van der Waals surface area (Å²) in [4.78, 5) is 0. The van der Waals surface area contributed by atoms with E-state index in [-0.39, 0.29) is 5.48 Å². The first-order chi connectivity index (χ1) is 3.25. The molecular weight excluding hydrogens is 136 g/mol. The zero-order valence-electron chi connectivity index (χ0n) is 4.18. The van der Waals surface area contributed by atoms with Crippen molar-refractivity contribution in [1.29, 1.82) is 0 Å². The first-order valence-electron chi connectivity index (χ1n) is 1.59. The van der Waals surface area contributed by atoms with Crippen molar-refractivity contribution in [3.63, 3.8) is 0 Å². The molecule has 0 rings (SSSR count). The minimum Gasteiger partial charge on any atom is -0.412 e. The van der Waals surface area contributed by atoms with Gasteiger partial charge in [0.05, 0.1) is 0 Å². The van der Waals surface area contributed by atoms with Crippen molar-refractivity contribution in [2.24, 2.45) is 0 Å². The molecule has 0 aliphatic rings. The van der Waals surface area contributed by atoms with Gasteiger partial charge in [-0.05, 0) is 0 Å². The predicted molar refractivity (Wildman–Crippen MR) is 22.4 cm³/mol. The second-order valence-electron chi connectivity index (χ2n) is 1.27. The van der Waals surface area contributed by atoms with Crippen molar-refractivity contribution in [3.05, 3.63) is 0 Å². The quantitative estimate of drug-likeness (QED) is 0.204. The van der Waals surface area contributed by atoms with E-state index in [9.17, 15) is 0 Å². The first-order valence-corrected chi connectivity index (χ1v) is 1.59. The molecule has 7 nitrogen and oxygen atoms in total. The van der Waals surface area contributed by atoms with Crippen LogP contribution in [0.15, 0.2) is 0 Å². The Hall–Kier alpha value is -0.280. The Bertz CT molecular complexity index is 61.9. The van der Waals surface area contributed by atoms with Gasteiger partial charge in [-0.3, -0.25) is 0 Å². The van der Waals surface area contributed by atoms with Crippen LogP contribution in [0.25, 0.3) is 0 Å². The van der Waals surface area contributed by atoms with Crippen LogP contribution in [0.5, 0.6) is 0 Å². The van der Waals surface area contributed by atoms with E-state index in [2.05, 4.69) is 0 Å². The van der Waals surface area contributed by atoms with Gasteiger partial charge in [0.15, 0.2) is 0 Å². The fourth-order valence-electron chi connectivity index (χ4n) is 0. The van der Waals surface area contributed by atoms with E-state index >= 15 is 0 Å². The van der Waals surface area contributed by atoms with E-state index in [0.29, 0.717) is 0 Å². The molecule has 0 atom stereocenters. The highest BCUT2D eigenvalue weighted by Crippen LogP contribution is 2.07. The van der Waals surface area contributed by atoms with Crippen LogP contribution in [0.4, 0.5) is 0 Å². The SMILES string of the molecule is O.OC(O)(O)C(O)(O)O. The Labute approximate surface area is 49.4 Å². The summed E-state index contributed by atoms with van der Waals surface area (Å²) in [6.07, 6.45) is 0. The zero-order valence-corrected chi connectivity index (χ0v) is 4.18. The van der Waals surface area contributed by atoms with E-state index in [1.165, 1.54) is 0 Å². The number of hydrogen-bond donors (Lipinski definition) is 6. The monoisotopic (exact) mass is 144 g/mol. The minimum atomic E-state index is -3.90. The van der Waals surface area contributed by atoms with Gasteiger partial charge in [-0.1, -0.05) is 0 Å². The lowest BCUT2D eigenvalue weighted by atomic mass is 10.5. The van der Waals surface area contributed by atoms with E-state index in [4.69, 9.17) is 30.6 Å². The fourth-order valence-corrected chi connectivity index (χ4v) is 0. The molecule has 7 heteroatoms. The van der Waals surface area contributed by atoms with Crippen molar-refractivity contribution in [2.45, 2.75) is 11.9 Å². The summed E-state index contributed by atoms with van der Waals surface area (Å²) >= 11 is 0. The van der Waals surface area contributed by atoms with Crippen LogP contribution in [-0.4, -0.2) is 48.1 Å². The summed E-state index contributed by atoms with van der Waals surface area (Å²) in [5.74, 6) is -7.79. The molecule has 0 radical (unpaired) electrons. The molecule has 0 aliphatic heterocycles. The van der Waals surface area contributed by atoms with Gasteiger partial charge in [-0.25, -0.2) is 0 Å². The Morgan fingerprint density at radius 3 is 0.667 bits per heavy atom. The second kappa shape index (κ2) is 2.54. The fraction of sp³-hybridized carbons (Fsp3) is 1.00. The molecule has 0 amide bonds. The van der Waals surface area contributed by atoms with E-state index < -0.39 is 11.9 Å². The van der Waals surface area contributed by atoms with Crippen molar-refractivity contribution in [2.75, 3.05) is 0 Å². The largest absolute Gasteiger partial charge is 0.412 e. The highest BCUT2D eigenvalue weighted by atomic mass is 16.8. The van der Waals surface area contributed by atoms with Crippen molar-refractivity contribution < 1.29 is 36.1 Å². The van der Waals surface area contributed by atoms with Crippen LogP contribution < -0.4 is 0 Å². The van der Waals surface area contributed by atoms with Crippen molar-refractivity contribution in [1.82, 2.24) is 0 Å². The minimum absolute atomic E-state index is 0. The summed E-state index contributed by atoms with van der Waals surface area (Å²) in [6, 6.07) is 0. The molecule has 0 saturated heterocycles. The van der Waals surface area contributed by atoms with Gasteiger partial charge < -0.3 is 36.1 Å². The highest BCUT2D eigenvalue weighted by molar-refractivity contribution is 4.54. The molecule has 9 heavy (non-hydrogen) atoms. The molecule has 8 N–H and O–H groups in total. The first kappa shape index (κ1) is 11.5. The van der Waals surface area contributed by atoms with Gasteiger partial charge in [-0.2, -0.15) is 0 Å². The van der Waals surface area contributed by atoms with Gasteiger partial charge >= 0.3 is 11.9 Å². The molecule has 0 aromatic carbocycles. The smallest absolute Gasteiger partial charge is 0.362 e. The van der Waals surface area contributed by atoms with Crippen LogP contribution in [0.2, 0.25) is 0 Å². The van der Waals surface area contributed by atoms with Gasteiger partial charge in [0.2, 0.25) is 0 Å². The van der Waals surface area contributed by atoms with Crippen molar-refractivity contribution in [3.8, 4) is 0 Å². The lowest BCUT2D eigenvalue weighted by Crippen LogP contribution is -2.54. The molecule has 58 valence electrons. The Morgan fingerprint density at radius 1 is 0.556 bits per heavy atom. The van der Waals surface area contributed by atoms with Crippen LogP contribution in [0, 0.1) is 0 Å². The maximum atomic E-state index is 7.72. The van der Waals surface area contributed by atoms with Crippen LogP contribution in [0.1, 0.15) is 0 Å². The number of hydrogen-bond acceptors (Lipinski definition) is 6. The second-order valence-corrected chi connectivity index (χ2v) is 1.27. The third kappa shape index (κ3) is 3.32. The van der Waals surface area contributed by atoms with Gasteiger partial charge in [0.25, 0.3) is 0 Å². The number of rotatable bonds is 1. The van der Waals surface area contributed by atoms with Gasteiger partial charge in [0.1, 0.15) is 0 Å². The standard InChI is InChI=1S/C2H6O6.H2O/c3-1(4,5)2(6,7)8;/h3-8H;1H2. The Balaban J connectivity index is 0. The van der Waals surface area contributed by atoms with Crippen LogP contribution >= 0.6 is 0 Å². The highest BCUT2D eigenvalue weighted by Gasteiger charge is 2.44. The predicted octanol–water partition coefficient (Wildman–Crippen LogP) is -4.58. The van der Waals surface area contributed by atoms with E-state index in [0.717, 1.165) is 0 Å². The molecule has 0 saturated carbocycles. The average molecular weight is 144 g/mol. The average Bonchev–Trinajstić information content (AvgIpc) is 1.25. The molecule has 0 heterocycles. The van der Waals surface area contributed by atoms with Gasteiger partial charge in [-0.15, -0.1) is 0 Å². The lowest BCUT2D eigenvalue weighted by molar-refractivity contribution is -0.512. The summed E-state index contributed by atoms with van der Waals surface area (Å²) in [5.41, 5.74) is 0. The summed E-state index contributed by atoms with van der Waals surface area (Å²) < 4.78 is 0. The third-order valence-electron chi connectivity index (χ3n) is 0.450. The Kier molecular flexibility index (Phi) is 3.25. The zero-order chi connectivity index (χ0) is 7.00. The molecule has 0 bridgehead atoms. The van der Waals surface area contributed by atoms with E-state index in [1.54, 1.807) is 0 Å². The molecule has 0 aliphatic carbocycles. The molecule has 0 spiro atoms. The van der Waals surface area contributed by atoms with Crippen LogP contribution in [0.3, 0.4) is 0 Å². The summed E-state index contributed by atoms with van der Waals surface area (Å²) in [6.45, 7) is 0. The summed E-state index contributed by atoms with van der Waals surface area (Å²) in [7, 11) is 0. The lowest BCUT2D eigenvalue weighted by Gasteiger charge is -2.23. The van der Waals surface area contributed by atoms with E-state index in [1.807, 2.05) is 0 Å². The third-order valence-corrected chi connectivity index (χ3v) is 0.450. The number of aliphatic hydroxyl groups is 6. The van der Waals surface area contributed by atoms with Gasteiger partial charge in [0, 0.05) is 0 Å². The normalized spacial score (nSPS) is 12.7. The Morgan fingerprint density at radius 2 is 0.667 bits per heavy atom. The van der Waals surface area contributed by atoms with Crippen molar-refractivity contribution >= 4 is 0 Å². The molecule has 0 aromatic heterocycles. The molecular formula is C2H8O7. The summed E-state index contributed by atoms with van der Waals surface area (Å²) in [5, 5.41) is 46.3. The maximum Gasteiger partial charge on any atom is 0.362 e. The van der Waals surface area contributed by atoms with Crippen LogP contribution in [-0.2, 0) is 0 Å². The molecule has 0 aromatic rings. The maximum absolute atomic E-state index is 7.72. The molecule has 0 fully saturated rings. The molecule has 0 unspecified atom stereocenters.